The fraction of sp³-hybridized carbons (Fsp3) is 0.190. The highest BCUT2D eigenvalue weighted by molar-refractivity contribution is 9.10. The van der Waals surface area contributed by atoms with E-state index >= 15 is 0 Å². The standard InChI is InChI=1S/C21H17BrF2N2O7S/c1-34(30,31)11-4-2-10(3-5-11)18-19(22)33-21(26-18)14(8-9-15(27)28)32-13-7-6-12(23)16(17(13)24)20(25)29/h2-7,14H,8-9H2,1H3,(H2,25,29)(H,27,28). The van der Waals surface area contributed by atoms with Crippen LogP contribution < -0.4 is 10.5 Å². The lowest BCUT2D eigenvalue weighted by Gasteiger charge is -2.17. The number of aromatic nitrogens is 1. The van der Waals surface area contributed by atoms with Crippen LogP contribution in [-0.2, 0) is 14.6 Å². The highest BCUT2D eigenvalue weighted by atomic mass is 79.9. The molecule has 0 aliphatic carbocycles. The number of benzene rings is 2. The van der Waals surface area contributed by atoms with Crippen LogP contribution >= 0.6 is 15.9 Å². The second-order valence-corrected chi connectivity index (χ2v) is 9.84. The van der Waals surface area contributed by atoms with Crippen molar-refractivity contribution in [3.63, 3.8) is 0 Å². The highest BCUT2D eigenvalue weighted by Gasteiger charge is 2.27. The number of ether oxygens (including phenoxy) is 1. The molecule has 0 bridgehead atoms. The summed E-state index contributed by atoms with van der Waals surface area (Å²) in [6.45, 7) is 0. The number of aliphatic carboxylic acids is 1. The molecule has 1 amide bonds. The van der Waals surface area contributed by atoms with Gasteiger partial charge in [0.05, 0.1) is 4.90 Å². The molecule has 0 aliphatic rings. The quantitative estimate of drug-likeness (QED) is 0.401. The van der Waals surface area contributed by atoms with E-state index < -0.39 is 57.2 Å². The van der Waals surface area contributed by atoms with Gasteiger partial charge in [0.1, 0.15) is 17.1 Å². The van der Waals surface area contributed by atoms with E-state index in [1.165, 1.54) is 24.3 Å². The Labute approximate surface area is 200 Å². The maximum atomic E-state index is 14.7. The molecule has 34 heavy (non-hydrogen) atoms. The molecule has 0 aliphatic heterocycles. The summed E-state index contributed by atoms with van der Waals surface area (Å²) in [7, 11) is -3.41. The third-order valence-corrected chi connectivity index (χ3v) is 6.29. The molecule has 0 saturated carbocycles. The summed E-state index contributed by atoms with van der Waals surface area (Å²) in [4.78, 5) is 26.9. The van der Waals surface area contributed by atoms with Crippen molar-refractivity contribution < 1.29 is 41.0 Å². The van der Waals surface area contributed by atoms with Gasteiger partial charge in [0, 0.05) is 24.7 Å². The predicted octanol–water partition coefficient (Wildman–Crippen LogP) is 3.87. The SMILES string of the molecule is CS(=O)(=O)c1ccc(-c2nc(C(CCC(=O)O)Oc3ccc(F)c(C(N)=O)c3F)oc2Br)cc1. The van der Waals surface area contributed by atoms with E-state index in [9.17, 15) is 26.8 Å². The molecule has 3 N–H and O–H groups in total. The Morgan fingerprint density at radius 2 is 1.85 bits per heavy atom. The fourth-order valence-electron chi connectivity index (χ4n) is 2.98. The molecule has 1 heterocycles. The largest absolute Gasteiger partial charge is 0.481 e. The molecule has 0 radical (unpaired) electrons. The lowest BCUT2D eigenvalue weighted by Crippen LogP contribution is -2.17. The molecule has 180 valence electrons. The predicted molar refractivity (Wildman–Crippen MR) is 118 cm³/mol. The summed E-state index contributed by atoms with van der Waals surface area (Å²) >= 11 is 3.20. The average Bonchev–Trinajstić information content (AvgIpc) is 3.13. The molecule has 2 aromatic carbocycles. The molecule has 3 rings (SSSR count). The van der Waals surface area contributed by atoms with Crippen molar-refractivity contribution in [2.45, 2.75) is 23.8 Å². The van der Waals surface area contributed by atoms with Crippen LogP contribution in [0.15, 0.2) is 50.4 Å². The Morgan fingerprint density at radius 1 is 1.21 bits per heavy atom. The van der Waals surface area contributed by atoms with Crippen molar-refractivity contribution in [2.24, 2.45) is 5.73 Å². The maximum absolute atomic E-state index is 14.7. The number of amides is 1. The lowest BCUT2D eigenvalue weighted by molar-refractivity contribution is -0.137. The zero-order valence-corrected chi connectivity index (χ0v) is 19.8. The maximum Gasteiger partial charge on any atom is 0.303 e. The number of carbonyl (C=O) groups is 2. The number of carboxylic acids is 1. The number of halogens is 3. The van der Waals surface area contributed by atoms with E-state index in [-0.39, 0.29) is 27.6 Å². The van der Waals surface area contributed by atoms with Gasteiger partial charge in [0.2, 0.25) is 5.89 Å². The smallest absolute Gasteiger partial charge is 0.303 e. The number of carboxylic acid groups (broad SMARTS) is 1. The fourth-order valence-corrected chi connectivity index (χ4v) is 4.10. The van der Waals surface area contributed by atoms with E-state index in [0.29, 0.717) is 5.56 Å². The molecular weight excluding hydrogens is 542 g/mol. The van der Waals surface area contributed by atoms with Crippen LogP contribution in [0.5, 0.6) is 5.75 Å². The molecule has 0 saturated heterocycles. The second kappa shape index (κ2) is 9.89. The average molecular weight is 559 g/mol. The number of oxazole rings is 1. The third-order valence-electron chi connectivity index (χ3n) is 4.63. The van der Waals surface area contributed by atoms with Crippen LogP contribution in [0.1, 0.15) is 35.2 Å². The van der Waals surface area contributed by atoms with Gasteiger partial charge >= 0.3 is 5.97 Å². The summed E-state index contributed by atoms with van der Waals surface area (Å²) in [6.07, 6.45) is -0.794. The summed E-state index contributed by atoms with van der Waals surface area (Å²) in [5.41, 5.74) is 4.73. The summed E-state index contributed by atoms with van der Waals surface area (Å²) in [6, 6.07) is 7.45. The van der Waals surface area contributed by atoms with Crippen molar-refractivity contribution in [3.8, 4) is 17.0 Å². The molecule has 13 heteroatoms. The summed E-state index contributed by atoms with van der Waals surface area (Å²) in [5.74, 6) is -5.75. The molecule has 9 nitrogen and oxygen atoms in total. The van der Waals surface area contributed by atoms with Gasteiger partial charge in [0.15, 0.2) is 32.2 Å². The van der Waals surface area contributed by atoms with Gasteiger partial charge < -0.3 is 20.0 Å². The zero-order chi connectivity index (χ0) is 25.2. The van der Waals surface area contributed by atoms with Crippen molar-refractivity contribution >= 4 is 37.6 Å². The zero-order valence-electron chi connectivity index (χ0n) is 17.4. The first-order valence-corrected chi connectivity index (χ1v) is 12.2. The van der Waals surface area contributed by atoms with Gasteiger partial charge in [-0.1, -0.05) is 12.1 Å². The van der Waals surface area contributed by atoms with Gasteiger partial charge in [-0.05, 0) is 40.2 Å². The number of rotatable bonds is 9. The molecule has 1 aromatic heterocycles. The van der Waals surface area contributed by atoms with Gasteiger partial charge in [-0.25, -0.2) is 22.2 Å². The van der Waals surface area contributed by atoms with Crippen LogP contribution in [0.25, 0.3) is 11.3 Å². The first-order valence-electron chi connectivity index (χ1n) is 9.51. The molecule has 0 spiro atoms. The third kappa shape index (κ3) is 5.59. The van der Waals surface area contributed by atoms with Crippen molar-refractivity contribution in [1.82, 2.24) is 4.98 Å². The van der Waals surface area contributed by atoms with Crippen molar-refractivity contribution in [3.05, 3.63) is 64.2 Å². The molecule has 0 fully saturated rings. The number of primary amides is 1. The molecule has 1 atom stereocenters. The Morgan fingerprint density at radius 3 is 2.41 bits per heavy atom. The van der Waals surface area contributed by atoms with Crippen molar-refractivity contribution in [1.29, 1.82) is 0 Å². The monoisotopic (exact) mass is 558 g/mol. The summed E-state index contributed by atoms with van der Waals surface area (Å²) in [5, 5.41) is 9.06. The van der Waals surface area contributed by atoms with E-state index in [2.05, 4.69) is 20.9 Å². The number of nitrogens with two attached hydrogens (primary N) is 1. The normalized spacial score (nSPS) is 12.4. The van der Waals surface area contributed by atoms with Crippen LogP contribution in [-0.4, -0.2) is 36.6 Å². The number of sulfone groups is 1. The van der Waals surface area contributed by atoms with E-state index in [1.54, 1.807) is 0 Å². The van der Waals surface area contributed by atoms with Gasteiger partial charge in [0.25, 0.3) is 5.91 Å². The number of carbonyl (C=O) groups excluding carboxylic acids is 1. The minimum Gasteiger partial charge on any atom is -0.481 e. The van der Waals surface area contributed by atoms with E-state index in [1.807, 2.05) is 0 Å². The lowest BCUT2D eigenvalue weighted by atomic mass is 10.1. The van der Waals surface area contributed by atoms with Gasteiger partial charge in [-0.15, -0.1) is 0 Å². The minimum atomic E-state index is -3.41. The Bertz CT molecular complexity index is 1360. The first kappa shape index (κ1) is 25.3. The Hall–Kier alpha value is -3.32. The van der Waals surface area contributed by atoms with E-state index in [4.69, 9.17) is 20.0 Å². The van der Waals surface area contributed by atoms with Crippen LogP contribution in [0.3, 0.4) is 0 Å². The van der Waals surface area contributed by atoms with Gasteiger partial charge in [-0.3, -0.25) is 9.59 Å². The molecule has 3 aromatic rings. The van der Waals surface area contributed by atoms with Crippen LogP contribution in [0.4, 0.5) is 8.78 Å². The van der Waals surface area contributed by atoms with Crippen LogP contribution in [0, 0.1) is 11.6 Å². The topological polar surface area (TPSA) is 150 Å². The van der Waals surface area contributed by atoms with E-state index in [0.717, 1.165) is 18.4 Å². The van der Waals surface area contributed by atoms with Crippen molar-refractivity contribution in [2.75, 3.05) is 6.26 Å². The number of hydrogen-bond acceptors (Lipinski definition) is 7. The Kier molecular flexibility index (Phi) is 7.36. The highest BCUT2D eigenvalue weighted by Crippen LogP contribution is 2.35. The molecule has 1 unspecified atom stereocenters. The minimum absolute atomic E-state index is 0.0933. The summed E-state index contributed by atoms with van der Waals surface area (Å²) < 4.78 is 63.0. The second-order valence-electron chi connectivity index (χ2n) is 7.11. The number of hydrogen-bond donors (Lipinski definition) is 2. The number of nitrogens with zero attached hydrogens (tertiary/aromatic N) is 1. The van der Waals surface area contributed by atoms with Gasteiger partial charge in [-0.2, -0.15) is 0 Å². The molecular formula is C21H17BrF2N2O7S. The van der Waals surface area contributed by atoms with Crippen LogP contribution in [0.2, 0.25) is 0 Å². The first-order chi connectivity index (χ1) is 15.9. The Balaban J connectivity index is 1.99.